The molecule has 0 bridgehead atoms. The number of aliphatic hydroxyl groups is 5. The van der Waals surface area contributed by atoms with Gasteiger partial charge in [-0.05, 0) is 19.8 Å². The fourth-order valence-electron chi connectivity index (χ4n) is 5.54. The number of rotatable bonds is 20. The molecule has 2 fully saturated rings. The van der Waals surface area contributed by atoms with Crippen LogP contribution in [0.5, 0.6) is 0 Å². The zero-order chi connectivity index (χ0) is 30.4. The van der Waals surface area contributed by atoms with Crippen LogP contribution in [0.1, 0.15) is 110 Å². The van der Waals surface area contributed by atoms with Crippen LogP contribution >= 0.6 is 0 Å². The highest BCUT2D eigenvalue weighted by atomic mass is 16.7. The highest BCUT2D eigenvalue weighted by Gasteiger charge is 2.44. The van der Waals surface area contributed by atoms with Crippen molar-refractivity contribution in [1.82, 2.24) is 4.90 Å². The van der Waals surface area contributed by atoms with Crippen LogP contribution in [0.25, 0.3) is 0 Å². The van der Waals surface area contributed by atoms with Crippen LogP contribution < -0.4 is 0 Å². The molecular formula is C31H55NO9. The number of likely N-dealkylation sites (N-methyl/N-ethyl adjacent to an activating group) is 1. The molecule has 0 aromatic heterocycles. The van der Waals surface area contributed by atoms with Crippen molar-refractivity contribution in [3.8, 4) is 0 Å². The number of amides is 1. The summed E-state index contributed by atoms with van der Waals surface area (Å²) in [6, 6.07) is -0.499. The van der Waals surface area contributed by atoms with E-state index in [9.17, 15) is 35.1 Å². The smallest absolute Gasteiger partial charge is 0.261 e. The van der Waals surface area contributed by atoms with Crippen LogP contribution in [0, 0.1) is 5.92 Å². The molecule has 5 N–H and O–H groups in total. The molecule has 2 aliphatic rings. The second-order valence-corrected chi connectivity index (χ2v) is 11.9. The van der Waals surface area contributed by atoms with Gasteiger partial charge in [-0.25, -0.2) is 0 Å². The Balaban J connectivity index is 1.37. The summed E-state index contributed by atoms with van der Waals surface area (Å²) in [6.07, 6.45) is 10.8. The fourth-order valence-corrected chi connectivity index (χ4v) is 5.54. The van der Waals surface area contributed by atoms with Gasteiger partial charge < -0.3 is 39.9 Å². The van der Waals surface area contributed by atoms with Crippen molar-refractivity contribution in [1.29, 1.82) is 0 Å². The maximum atomic E-state index is 12.3. The summed E-state index contributed by atoms with van der Waals surface area (Å²) in [7, 11) is 1.59. The maximum absolute atomic E-state index is 12.3. The van der Waals surface area contributed by atoms with Gasteiger partial charge in [0.25, 0.3) is 5.91 Å². The topological polar surface area (TPSA) is 157 Å². The van der Waals surface area contributed by atoms with E-state index in [2.05, 4.69) is 0 Å². The molecule has 2 saturated heterocycles. The summed E-state index contributed by atoms with van der Waals surface area (Å²) >= 11 is 0. The SMILES string of the molecule is C[C@@H]1C(=O)/C(=C(\O)[C@@H](C)CCCCCCCCCCCCCCCCO[C@@H]2O[C@H](CO)[C@@H](O)[C@H](O)[C@@H]2O)C(=O)N1C. The fraction of sp³-hybridized carbons (Fsp3) is 0.871. The van der Waals surface area contributed by atoms with Gasteiger partial charge in [0, 0.05) is 19.6 Å². The van der Waals surface area contributed by atoms with Gasteiger partial charge in [-0.2, -0.15) is 0 Å². The number of likely N-dealkylation sites (tertiary alicyclic amines) is 1. The molecule has 10 heteroatoms. The number of nitrogens with zero attached hydrogens (tertiary/aromatic N) is 1. The van der Waals surface area contributed by atoms with Crippen molar-refractivity contribution in [2.75, 3.05) is 20.3 Å². The highest BCUT2D eigenvalue weighted by Crippen LogP contribution is 2.27. The second kappa shape index (κ2) is 18.9. The molecule has 2 rings (SSSR count). The Kier molecular flexibility index (Phi) is 16.4. The van der Waals surface area contributed by atoms with E-state index < -0.39 is 43.4 Å². The van der Waals surface area contributed by atoms with Gasteiger partial charge in [-0.3, -0.25) is 9.59 Å². The van der Waals surface area contributed by atoms with Crippen molar-refractivity contribution in [3.63, 3.8) is 0 Å². The van der Waals surface area contributed by atoms with Crippen LogP contribution in [0.15, 0.2) is 11.3 Å². The van der Waals surface area contributed by atoms with Crippen molar-refractivity contribution >= 4 is 11.7 Å². The zero-order valence-corrected chi connectivity index (χ0v) is 25.4. The average molecular weight is 586 g/mol. The van der Waals surface area contributed by atoms with Crippen molar-refractivity contribution < 1.29 is 44.6 Å². The summed E-state index contributed by atoms with van der Waals surface area (Å²) in [6.45, 7) is 3.51. The van der Waals surface area contributed by atoms with Gasteiger partial charge in [0.1, 0.15) is 35.7 Å². The lowest BCUT2D eigenvalue weighted by Crippen LogP contribution is -2.59. The molecule has 0 aromatic carbocycles. The maximum Gasteiger partial charge on any atom is 0.261 e. The minimum Gasteiger partial charge on any atom is -0.511 e. The molecule has 0 aromatic rings. The molecule has 0 radical (unpaired) electrons. The Labute approximate surface area is 245 Å². The molecule has 10 nitrogen and oxygen atoms in total. The number of ether oxygens (including phenoxy) is 2. The molecule has 7 atom stereocenters. The normalized spacial score (nSPS) is 28.9. The third-order valence-corrected chi connectivity index (χ3v) is 8.63. The Morgan fingerprint density at radius 1 is 0.829 bits per heavy atom. The standard InChI is InChI=1S/C31H55NO9/c1-21(25(34)24-26(35)22(2)32(3)30(24)39)18-16-14-12-10-8-6-4-5-7-9-11-13-15-17-19-40-31-29(38)28(37)27(36)23(20-33)41-31/h21-23,27-29,31,33-34,36-38H,4-20H2,1-3H3/b25-24+/t21-,22+,23+,27+,28-,29-,31+/m0/s1. The first-order chi connectivity index (χ1) is 19.6. The number of Topliss-reactive ketones (excluding diaryl/α,β-unsaturated/α-hetero) is 1. The minimum absolute atomic E-state index is 0.0211. The first-order valence-electron chi connectivity index (χ1n) is 15.8. The number of carbonyl (C=O) groups excluding carboxylic acids is 2. The predicted octanol–water partition coefficient (Wildman–Crippen LogP) is 3.53. The van der Waals surface area contributed by atoms with Gasteiger partial charge in [-0.15, -0.1) is 0 Å². The van der Waals surface area contributed by atoms with Crippen LogP contribution in [-0.2, 0) is 19.1 Å². The quantitative estimate of drug-likeness (QED) is 0.0624. The van der Waals surface area contributed by atoms with Crippen LogP contribution in [0.4, 0.5) is 0 Å². The molecule has 2 heterocycles. The van der Waals surface area contributed by atoms with Crippen LogP contribution in [0.3, 0.4) is 0 Å². The molecular weight excluding hydrogens is 530 g/mol. The summed E-state index contributed by atoms with van der Waals surface area (Å²) in [4.78, 5) is 25.9. The van der Waals surface area contributed by atoms with Crippen molar-refractivity contribution in [2.24, 2.45) is 5.92 Å². The van der Waals surface area contributed by atoms with E-state index in [1.807, 2.05) is 6.92 Å². The lowest BCUT2D eigenvalue weighted by Gasteiger charge is -2.39. The summed E-state index contributed by atoms with van der Waals surface area (Å²) in [5.41, 5.74) is -0.0211. The van der Waals surface area contributed by atoms with E-state index in [1.165, 1.54) is 62.7 Å². The predicted molar refractivity (Wildman–Crippen MR) is 155 cm³/mol. The van der Waals surface area contributed by atoms with Crippen molar-refractivity contribution in [2.45, 2.75) is 147 Å². The molecule has 41 heavy (non-hydrogen) atoms. The van der Waals surface area contributed by atoms with Crippen LogP contribution in [-0.4, -0.2) is 99.1 Å². The minimum atomic E-state index is -1.40. The van der Waals surface area contributed by atoms with Gasteiger partial charge in [0.15, 0.2) is 12.1 Å². The monoisotopic (exact) mass is 585 g/mol. The molecule has 0 aliphatic carbocycles. The molecule has 0 unspecified atom stereocenters. The van der Waals surface area contributed by atoms with E-state index in [4.69, 9.17) is 9.47 Å². The highest BCUT2D eigenvalue weighted by molar-refractivity contribution is 6.26. The first-order valence-corrected chi connectivity index (χ1v) is 15.8. The Morgan fingerprint density at radius 2 is 1.32 bits per heavy atom. The van der Waals surface area contributed by atoms with Gasteiger partial charge in [-0.1, -0.05) is 90.4 Å². The molecule has 238 valence electrons. The van der Waals surface area contributed by atoms with Gasteiger partial charge >= 0.3 is 0 Å². The summed E-state index contributed by atoms with van der Waals surface area (Å²) in [5, 5.41) is 49.2. The van der Waals surface area contributed by atoms with E-state index in [0.29, 0.717) is 6.61 Å². The first kappa shape index (κ1) is 35.6. The van der Waals surface area contributed by atoms with Gasteiger partial charge in [0.05, 0.1) is 12.6 Å². The lowest BCUT2D eigenvalue weighted by molar-refractivity contribution is -0.301. The number of aliphatic hydroxyl groups excluding tert-OH is 5. The third kappa shape index (κ3) is 10.9. The third-order valence-electron chi connectivity index (χ3n) is 8.63. The Hall–Kier alpha value is -1.56. The van der Waals surface area contributed by atoms with Crippen LogP contribution in [0.2, 0.25) is 0 Å². The molecule has 0 spiro atoms. The summed E-state index contributed by atoms with van der Waals surface area (Å²) < 4.78 is 10.9. The van der Waals surface area contributed by atoms with E-state index >= 15 is 0 Å². The average Bonchev–Trinajstić information content (AvgIpc) is 3.15. The van der Waals surface area contributed by atoms with E-state index in [-0.39, 0.29) is 28.9 Å². The van der Waals surface area contributed by atoms with Gasteiger partial charge in [0.2, 0.25) is 0 Å². The Bertz CT molecular complexity index is 795. The number of allylic oxidation sites excluding steroid dienone is 1. The second-order valence-electron chi connectivity index (χ2n) is 11.9. The van der Waals surface area contributed by atoms with Crippen molar-refractivity contribution in [3.05, 3.63) is 11.3 Å². The molecule has 1 amide bonds. The zero-order valence-electron chi connectivity index (χ0n) is 25.4. The number of ketones is 1. The lowest BCUT2D eigenvalue weighted by atomic mass is 9.95. The van der Waals surface area contributed by atoms with E-state index in [0.717, 1.165) is 38.5 Å². The number of unbranched alkanes of at least 4 members (excludes halogenated alkanes) is 13. The summed E-state index contributed by atoms with van der Waals surface area (Å²) in [5.74, 6) is -0.872. The van der Waals surface area contributed by atoms with E-state index in [1.54, 1.807) is 14.0 Å². The molecule has 0 saturated carbocycles. The number of hydrogen-bond donors (Lipinski definition) is 5. The molecule has 2 aliphatic heterocycles. The Morgan fingerprint density at radius 3 is 1.78 bits per heavy atom. The number of hydrogen-bond acceptors (Lipinski definition) is 9. The largest absolute Gasteiger partial charge is 0.511 e. The number of carbonyl (C=O) groups is 2.